The van der Waals surface area contributed by atoms with Crippen molar-refractivity contribution in [3.05, 3.63) is 94.0 Å². The van der Waals surface area contributed by atoms with Gasteiger partial charge in [-0.25, -0.2) is 4.90 Å². The van der Waals surface area contributed by atoms with Gasteiger partial charge in [0.05, 0.1) is 16.8 Å². The van der Waals surface area contributed by atoms with Crippen molar-refractivity contribution in [1.82, 2.24) is 0 Å². The molecule has 0 radical (unpaired) electrons. The number of carbonyl (C=O) groups is 3. The number of carbonyl (C=O) groups excluding carboxylic acids is 3. The molecule has 0 aliphatic carbocycles. The zero-order valence-corrected chi connectivity index (χ0v) is 16.4. The Balaban J connectivity index is 1.68. The molecule has 1 aliphatic rings. The van der Waals surface area contributed by atoms with E-state index >= 15 is 0 Å². The van der Waals surface area contributed by atoms with Gasteiger partial charge in [0.25, 0.3) is 17.7 Å². The van der Waals surface area contributed by atoms with E-state index < -0.39 is 5.91 Å². The molecule has 1 heterocycles. The number of benzene rings is 3. The fourth-order valence-corrected chi connectivity index (χ4v) is 3.47. The maximum atomic E-state index is 13.0. The summed E-state index contributed by atoms with van der Waals surface area (Å²) in [7, 11) is 0. The van der Waals surface area contributed by atoms with E-state index in [-0.39, 0.29) is 17.4 Å². The molecule has 0 atom stereocenters. The van der Waals surface area contributed by atoms with Crippen molar-refractivity contribution < 1.29 is 14.4 Å². The van der Waals surface area contributed by atoms with Gasteiger partial charge in [0.15, 0.2) is 0 Å². The lowest BCUT2D eigenvalue weighted by atomic mass is 10.0. The molecule has 1 N–H and O–H groups in total. The number of anilines is 2. The average Bonchev–Trinajstić information content (AvgIpc) is 2.95. The van der Waals surface area contributed by atoms with Crippen molar-refractivity contribution >= 4 is 29.1 Å². The Bertz CT molecular complexity index is 1180. The largest absolute Gasteiger partial charge is 0.322 e. The van der Waals surface area contributed by atoms with Crippen LogP contribution in [0.1, 0.15) is 47.8 Å². The van der Waals surface area contributed by atoms with Crippen LogP contribution in [0.15, 0.2) is 60.7 Å². The lowest BCUT2D eigenvalue weighted by molar-refractivity contribution is 0.0925. The zero-order valence-electron chi connectivity index (χ0n) is 16.4. The molecule has 4 rings (SSSR count). The minimum Gasteiger partial charge on any atom is -0.322 e. The molecular formula is C24H20N2O3. The predicted molar refractivity (Wildman–Crippen MR) is 113 cm³/mol. The number of fused-ring (bicyclic) bond motifs is 1. The van der Waals surface area contributed by atoms with E-state index in [1.165, 1.54) is 11.0 Å². The van der Waals surface area contributed by atoms with E-state index in [1.807, 2.05) is 63.2 Å². The van der Waals surface area contributed by atoms with Gasteiger partial charge in [-0.05, 0) is 67.8 Å². The maximum Gasteiger partial charge on any atom is 0.266 e. The summed E-state index contributed by atoms with van der Waals surface area (Å²) in [5, 5.41) is 2.85. The third-order valence-electron chi connectivity index (χ3n) is 5.15. The number of aryl methyl sites for hydroxylation is 3. The van der Waals surface area contributed by atoms with Crippen LogP contribution in [0, 0.1) is 20.8 Å². The van der Waals surface area contributed by atoms with Gasteiger partial charge in [0.1, 0.15) is 0 Å². The van der Waals surface area contributed by atoms with E-state index in [9.17, 15) is 14.4 Å². The van der Waals surface area contributed by atoms with Gasteiger partial charge in [-0.2, -0.15) is 0 Å². The maximum absolute atomic E-state index is 13.0. The Morgan fingerprint density at radius 3 is 2.28 bits per heavy atom. The Morgan fingerprint density at radius 1 is 0.793 bits per heavy atom. The minimum absolute atomic E-state index is 0.244. The van der Waals surface area contributed by atoms with Crippen molar-refractivity contribution in [1.29, 1.82) is 0 Å². The molecule has 0 spiro atoms. The van der Waals surface area contributed by atoms with Crippen molar-refractivity contribution in [2.75, 3.05) is 10.2 Å². The molecule has 0 aromatic heterocycles. The monoisotopic (exact) mass is 384 g/mol. The second kappa shape index (κ2) is 7.02. The van der Waals surface area contributed by atoms with Crippen molar-refractivity contribution in [2.45, 2.75) is 20.8 Å². The first kappa shape index (κ1) is 18.6. The lowest BCUT2D eigenvalue weighted by Crippen LogP contribution is -2.30. The Kier molecular flexibility index (Phi) is 4.51. The molecule has 0 unspecified atom stereocenters. The highest BCUT2D eigenvalue weighted by Gasteiger charge is 2.37. The van der Waals surface area contributed by atoms with Crippen LogP contribution in [0.3, 0.4) is 0 Å². The van der Waals surface area contributed by atoms with E-state index in [2.05, 4.69) is 5.32 Å². The van der Waals surface area contributed by atoms with Crippen LogP contribution in [0.25, 0.3) is 0 Å². The van der Waals surface area contributed by atoms with Crippen molar-refractivity contribution in [3.8, 4) is 0 Å². The SMILES string of the molecule is Cc1ccc(C)c(N2C(=O)c3ccc(C(=O)Nc4ccccc4C)cc3C2=O)c1. The topological polar surface area (TPSA) is 66.5 Å². The molecule has 29 heavy (non-hydrogen) atoms. The summed E-state index contributed by atoms with van der Waals surface area (Å²) in [6, 6.07) is 17.7. The fraction of sp³-hybridized carbons (Fsp3) is 0.125. The van der Waals surface area contributed by atoms with E-state index in [1.54, 1.807) is 12.1 Å². The van der Waals surface area contributed by atoms with Crippen LogP contribution in [-0.4, -0.2) is 17.7 Å². The summed E-state index contributed by atoms with van der Waals surface area (Å²) in [5.74, 6) is -1.11. The first-order valence-corrected chi connectivity index (χ1v) is 9.34. The summed E-state index contributed by atoms with van der Waals surface area (Å²) in [4.78, 5) is 39.8. The normalized spacial score (nSPS) is 12.9. The van der Waals surface area contributed by atoms with Crippen molar-refractivity contribution in [2.24, 2.45) is 0 Å². The van der Waals surface area contributed by atoms with Gasteiger partial charge in [-0.15, -0.1) is 0 Å². The predicted octanol–water partition coefficient (Wildman–Crippen LogP) is 4.66. The molecule has 0 fully saturated rings. The Hall–Kier alpha value is -3.73. The molecule has 5 heteroatoms. The average molecular weight is 384 g/mol. The first-order valence-electron chi connectivity index (χ1n) is 9.34. The van der Waals surface area contributed by atoms with Gasteiger partial charge >= 0.3 is 0 Å². The van der Waals surface area contributed by atoms with Crippen LogP contribution in [-0.2, 0) is 0 Å². The first-order chi connectivity index (χ1) is 13.9. The fourth-order valence-electron chi connectivity index (χ4n) is 3.47. The number of para-hydroxylation sites is 1. The molecule has 3 aromatic carbocycles. The molecule has 0 bridgehead atoms. The summed E-state index contributed by atoms with van der Waals surface area (Å²) in [6.07, 6.45) is 0. The Labute approximate surface area is 169 Å². The number of hydrogen-bond acceptors (Lipinski definition) is 3. The van der Waals surface area contributed by atoms with Crippen LogP contribution >= 0.6 is 0 Å². The van der Waals surface area contributed by atoms with Crippen LogP contribution in [0.4, 0.5) is 11.4 Å². The van der Waals surface area contributed by atoms with Crippen molar-refractivity contribution in [3.63, 3.8) is 0 Å². The zero-order chi connectivity index (χ0) is 20.7. The molecule has 3 aromatic rings. The molecular weight excluding hydrogens is 364 g/mol. The smallest absolute Gasteiger partial charge is 0.266 e. The van der Waals surface area contributed by atoms with E-state index in [4.69, 9.17) is 0 Å². The third kappa shape index (κ3) is 3.21. The van der Waals surface area contributed by atoms with Gasteiger partial charge in [0, 0.05) is 11.3 Å². The number of rotatable bonds is 3. The standard InChI is InChI=1S/C24H20N2O3/c1-14-8-9-16(3)21(12-14)26-23(28)18-11-10-17(13-19(18)24(26)29)22(27)25-20-7-5-4-6-15(20)2/h4-13H,1-3H3,(H,25,27). The Morgan fingerprint density at radius 2 is 1.52 bits per heavy atom. The molecule has 5 nitrogen and oxygen atoms in total. The second-order valence-electron chi connectivity index (χ2n) is 7.27. The number of imide groups is 1. The van der Waals surface area contributed by atoms with Crippen LogP contribution < -0.4 is 10.2 Å². The van der Waals surface area contributed by atoms with Crippen LogP contribution in [0.2, 0.25) is 0 Å². The lowest BCUT2D eigenvalue weighted by Gasteiger charge is -2.17. The van der Waals surface area contributed by atoms with Crippen LogP contribution in [0.5, 0.6) is 0 Å². The molecule has 0 saturated heterocycles. The summed E-state index contributed by atoms with van der Waals surface area (Å²) in [6.45, 7) is 5.68. The minimum atomic E-state index is -0.413. The van der Waals surface area contributed by atoms with E-state index in [0.717, 1.165) is 16.7 Å². The number of nitrogens with zero attached hydrogens (tertiary/aromatic N) is 1. The second-order valence-corrected chi connectivity index (χ2v) is 7.27. The summed E-state index contributed by atoms with van der Waals surface area (Å²) < 4.78 is 0. The van der Waals surface area contributed by atoms with Gasteiger partial charge in [0.2, 0.25) is 0 Å². The number of nitrogens with one attached hydrogen (secondary N) is 1. The van der Waals surface area contributed by atoms with E-state index in [0.29, 0.717) is 22.5 Å². The highest BCUT2D eigenvalue weighted by atomic mass is 16.2. The molecule has 0 saturated carbocycles. The molecule has 144 valence electrons. The number of amides is 3. The van der Waals surface area contributed by atoms with Gasteiger partial charge in [-0.3, -0.25) is 14.4 Å². The van der Waals surface area contributed by atoms with Gasteiger partial charge in [-0.1, -0.05) is 30.3 Å². The highest BCUT2D eigenvalue weighted by Crippen LogP contribution is 2.32. The van der Waals surface area contributed by atoms with Gasteiger partial charge < -0.3 is 5.32 Å². The molecule has 1 aliphatic heterocycles. The number of hydrogen-bond donors (Lipinski definition) is 1. The summed E-state index contributed by atoms with van der Waals surface area (Å²) >= 11 is 0. The quantitative estimate of drug-likeness (QED) is 0.668. The molecule has 3 amide bonds. The third-order valence-corrected chi connectivity index (χ3v) is 5.15. The highest BCUT2D eigenvalue weighted by molar-refractivity contribution is 6.35. The summed E-state index contributed by atoms with van der Waals surface area (Å²) in [5.41, 5.74) is 4.89.